The third kappa shape index (κ3) is 2.44. The Kier molecular flexibility index (Phi) is 3.53. The molecule has 1 heterocycles. The summed E-state index contributed by atoms with van der Waals surface area (Å²) < 4.78 is 5.11. The predicted molar refractivity (Wildman–Crippen MR) is 65.3 cm³/mol. The molecule has 0 fully saturated rings. The number of hydrogen-bond acceptors (Lipinski definition) is 6. The molecule has 0 saturated carbocycles. The maximum atomic E-state index is 11.8. The van der Waals surface area contributed by atoms with E-state index in [4.69, 9.17) is 4.74 Å². The lowest BCUT2D eigenvalue weighted by Gasteiger charge is -2.26. The molecule has 2 rings (SSSR count). The van der Waals surface area contributed by atoms with Gasteiger partial charge in [-0.15, -0.1) is 0 Å². The van der Waals surface area contributed by atoms with Crippen molar-refractivity contribution >= 4 is 5.97 Å². The van der Waals surface area contributed by atoms with Gasteiger partial charge in [-0.05, 0) is 18.1 Å². The van der Waals surface area contributed by atoms with Crippen molar-refractivity contribution in [3.63, 3.8) is 0 Å². The summed E-state index contributed by atoms with van der Waals surface area (Å²) >= 11 is 0. The molecule has 4 N–H and O–H groups in total. The number of carbonyl (C=O) groups excluding carboxylic acids is 1. The van der Waals surface area contributed by atoms with Crippen LogP contribution < -0.4 is 0 Å². The first-order valence-electron chi connectivity index (χ1n) is 6.09. The highest BCUT2D eigenvalue weighted by atomic mass is 16.5. The number of carbonyl (C=O) groups is 1. The Hall–Kier alpha value is -1.95. The van der Waals surface area contributed by atoms with Crippen LogP contribution in [0.15, 0.2) is 6.07 Å². The Bertz CT molecular complexity index is 510. The molecular weight excluding hydrogens is 252 g/mol. The molecule has 1 aromatic rings. The smallest absolute Gasteiger partial charge is 0.342 e. The number of ether oxygens (including phenoxy) is 1. The van der Waals surface area contributed by atoms with Gasteiger partial charge in [0.25, 0.3) is 0 Å². The Balaban J connectivity index is 2.32. The van der Waals surface area contributed by atoms with Crippen LogP contribution in [0.25, 0.3) is 0 Å². The first-order valence-corrected chi connectivity index (χ1v) is 6.09. The average molecular weight is 268 g/mol. The number of phenols is 3. The number of aliphatic hydroxyl groups excluding tert-OH is 1. The van der Waals surface area contributed by atoms with Crippen LogP contribution in [0.3, 0.4) is 0 Å². The van der Waals surface area contributed by atoms with Crippen LogP contribution in [0.1, 0.15) is 35.7 Å². The van der Waals surface area contributed by atoms with Crippen molar-refractivity contribution in [3.8, 4) is 17.2 Å². The molecule has 104 valence electrons. The average Bonchev–Trinajstić information content (AvgIpc) is 2.35. The Morgan fingerprint density at radius 3 is 2.68 bits per heavy atom. The molecule has 0 aliphatic carbocycles. The summed E-state index contributed by atoms with van der Waals surface area (Å²) in [6.45, 7) is 1.82. The predicted octanol–water partition coefficient (Wildman–Crippen LogP) is 1.05. The monoisotopic (exact) mass is 268 g/mol. The molecule has 2 unspecified atom stereocenters. The Morgan fingerprint density at radius 1 is 1.37 bits per heavy atom. The standard InChI is InChI=1S/C13H16O6/c1-2-7(14)5-8-3-6-4-9(15)11(16)12(17)10(6)13(18)19-8/h4,7-8,14-17H,2-3,5H2,1H3. The minimum Gasteiger partial charge on any atom is -0.504 e. The second-order valence-electron chi connectivity index (χ2n) is 4.66. The topological polar surface area (TPSA) is 107 Å². The summed E-state index contributed by atoms with van der Waals surface area (Å²) in [6, 6.07) is 1.23. The Labute approximate surface area is 109 Å². The van der Waals surface area contributed by atoms with Crippen LogP contribution >= 0.6 is 0 Å². The number of aromatic hydroxyl groups is 3. The third-order valence-corrected chi connectivity index (χ3v) is 3.27. The molecule has 0 spiro atoms. The summed E-state index contributed by atoms with van der Waals surface area (Å²) in [5.74, 6) is -2.65. The maximum Gasteiger partial charge on any atom is 0.342 e. The molecular formula is C13H16O6. The van der Waals surface area contributed by atoms with Gasteiger partial charge in [-0.1, -0.05) is 6.92 Å². The molecule has 1 aliphatic rings. The van der Waals surface area contributed by atoms with E-state index in [0.717, 1.165) is 0 Å². The number of fused-ring (bicyclic) bond motifs is 1. The molecule has 1 aromatic carbocycles. The Morgan fingerprint density at radius 2 is 2.05 bits per heavy atom. The first kappa shape index (κ1) is 13.5. The fourth-order valence-corrected chi connectivity index (χ4v) is 2.18. The molecule has 2 atom stereocenters. The van der Waals surface area contributed by atoms with Crippen molar-refractivity contribution in [1.29, 1.82) is 0 Å². The van der Waals surface area contributed by atoms with Crippen LogP contribution in [0.5, 0.6) is 17.2 Å². The van der Waals surface area contributed by atoms with Gasteiger partial charge in [0.15, 0.2) is 11.5 Å². The van der Waals surface area contributed by atoms with Crippen LogP contribution in [0.2, 0.25) is 0 Å². The molecule has 19 heavy (non-hydrogen) atoms. The summed E-state index contributed by atoms with van der Waals surface area (Å²) in [4.78, 5) is 11.8. The highest BCUT2D eigenvalue weighted by molar-refractivity contribution is 5.96. The number of esters is 1. The molecule has 6 heteroatoms. The van der Waals surface area contributed by atoms with Crippen LogP contribution in [-0.2, 0) is 11.2 Å². The zero-order valence-corrected chi connectivity index (χ0v) is 10.5. The lowest BCUT2D eigenvalue weighted by molar-refractivity contribution is 0.00937. The van der Waals surface area contributed by atoms with Crippen molar-refractivity contribution < 1.29 is 30.0 Å². The normalized spacial score (nSPS) is 19.7. The summed E-state index contributed by atoms with van der Waals surface area (Å²) in [7, 11) is 0. The minimum atomic E-state index is -0.762. The summed E-state index contributed by atoms with van der Waals surface area (Å²) in [6.07, 6.45) is 0.0494. The number of phenolic OH excluding ortho intramolecular Hbond substituents is 3. The van der Waals surface area contributed by atoms with Crippen LogP contribution in [-0.4, -0.2) is 38.6 Å². The van der Waals surface area contributed by atoms with Crippen molar-refractivity contribution in [2.45, 2.75) is 38.4 Å². The highest BCUT2D eigenvalue weighted by Gasteiger charge is 2.32. The zero-order valence-electron chi connectivity index (χ0n) is 10.5. The van der Waals surface area contributed by atoms with Gasteiger partial charge in [-0.2, -0.15) is 0 Å². The molecule has 0 saturated heterocycles. The fourth-order valence-electron chi connectivity index (χ4n) is 2.18. The van der Waals surface area contributed by atoms with Crippen LogP contribution in [0, 0.1) is 0 Å². The van der Waals surface area contributed by atoms with Gasteiger partial charge in [-0.3, -0.25) is 0 Å². The number of hydrogen-bond donors (Lipinski definition) is 4. The molecule has 6 nitrogen and oxygen atoms in total. The molecule has 1 aliphatic heterocycles. The SMILES string of the molecule is CCC(O)CC1Cc2cc(O)c(O)c(O)c2C(=O)O1. The van der Waals surface area contributed by atoms with Gasteiger partial charge in [0.1, 0.15) is 11.7 Å². The van der Waals surface area contributed by atoms with E-state index in [2.05, 4.69) is 0 Å². The van der Waals surface area contributed by atoms with E-state index >= 15 is 0 Å². The molecule has 0 radical (unpaired) electrons. The minimum absolute atomic E-state index is 0.127. The molecule has 0 aromatic heterocycles. The van der Waals surface area contributed by atoms with Gasteiger partial charge in [0, 0.05) is 12.8 Å². The largest absolute Gasteiger partial charge is 0.504 e. The van der Waals surface area contributed by atoms with Gasteiger partial charge < -0.3 is 25.2 Å². The summed E-state index contributed by atoms with van der Waals surface area (Å²) in [5, 5.41) is 38.0. The van der Waals surface area contributed by atoms with Gasteiger partial charge >= 0.3 is 5.97 Å². The zero-order chi connectivity index (χ0) is 14.2. The van der Waals surface area contributed by atoms with Gasteiger partial charge in [0.2, 0.25) is 5.75 Å². The van der Waals surface area contributed by atoms with E-state index in [1.807, 2.05) is 6.92 Å². The number of aliphatic hydroxyl groups is 1. The molecule has 0 bridgehead atoms. The first-order chi connectivity index (χ1) is 8.93. The molecule has 0 amide bonds. The van der Waals surface area contributed by atoms with Crippen molar-refractivity contribution in [2.24, 2.45) is 0 Å². The van der Waals surface area contributed by atoms with Crippen LogP contribution in [0.4, 0.5) is 0 Å². The number of benzene rings is 1. The lowest BCUT2D eigenvalue weighted by atomic mass is 9.94. The van der Waals surface area contributed by atoms with E-state index < -0.39 is 35.4 Å². The maximum absolute atomic E-state index is 11.8. The van der Waals surface area contributed by atoms with E-state index in [1.165, 1.54) is 6.07 Å². The van der Waals surface area contributed by atoms with E-state index in [1.54, 1.807) is 0 Å². The van der Waals surface area contributed by atoms with Gasteiger partial charge in [0.05, 0.1) is 6.10 Å². The third-order valence-electron chi connectivity index (χ3n) is 3.27. The van der Waals surface area contributed by atoms with E-state index in [9.17, 15) is 25.2 Å². The van der Waals surface area contributed by atoms with E-state index in [-0.39, 0.29) is 12.0 Å². The summed E-state index contributed by atoms with van der Waals surface area (Å²) in [5.41, 5.74) is 0.273. The highest BCUT2D eigenvalue weighted by Crippen LogP contribution is 2.42. The number of rotatable bonds is 3. The van der Waals surface area contributed by atoms with Crippen molar-refractivity contribution in [2.75, 3.05) is 0 Å². The fraction of sp³-hybridized carbons (Fsp3) is 0.462. The van der Waals surface area contributed by atoms with Crippen molar-refractivity contribution in [3.05, 3.63) is 17.2 Å². The lowest BCUT2D eigenvalue weighted by Crippen LogP contribution is -2.30. The van der Waals surface area contributed by atoms with Gasteiger partial charge in [-0.25, -0.2) is 4.79 Å². The second-order valence-corrected chi connectivity index (χ2v) is 4.66. The number of cyclic esters (lactones) is 1. The van der Waals surface area contributed by atoms with Crippen molar-refractivity contribution in [1.82, 2.24) is 0 Å². The van der Waals surface area contributed by atoms with E-state index in [0.29, 0.717) is 18.4 Å². The second kappa shape index (κ2) is 4.97. The quantitative estimate of drug-likeness (QED) is 0.482.